The fourth-order valence-electron chi connectivity index (χ4n) is 1.03. The number of fused-ring (bicyclic) bond motifs is 1. The van der Waals surface area contributed by atoms with Crippen molar-refractivity contribution in [3.8, 4) is 0 Å². The fraction of sp³-hybridized carbons (Fsp3) is 0. The number of hydrogen-bond acceptors (Lipinski definition) is 2. The minimum absolute atomic E-state index is 0.00634. The second-order valence-electron chi connectivity index (χ2n) is 2.28. The fourth-order valence-corrected chi connectivity index (χ4v) is 1.03. The molecule has 2 aromatic rings. The predicted molar refractivity (Wildman–Crippen MR) is 42.5 cm³/mol. The Morgan fingerprint density at radius 3 is 2.73 bits per heavy atom. The van der Waals surface area contributed by atoms with Gasteiger partial charge in [-0.1, -0.05) is 12.1 Å². The molecule has 54 valence electrons. The number of para-hydroxylation sites is 1. The molecule has 2 rings (SSSR count). The minimum atomic E-state index is 0.00634. The lowest BCUT2D eigenvalue weighted by Crippen LogP contribution is -1.96. The molecule has 1 aromatic heterocycles. The van der Waals surface area contributed by atoms with E-state index in [9.17, 15) is 4.79 Å². The molecular formula is C9H6O2. The molecule has 1 aromatic carbocycles. The van der Waals surface area contributed by atoms with Gasteiger partial charge in [-0.2, -0.15) is 0 Å². The van der Waals surface area contributed by atoms with Crippen molar-refractivity contribution in [1.82, 2.24) is 0 Å². The normalized spacial score (nSPS) is 10.2. The average Bonchev–Trinajstić information content (AvgIpc) is 2.06. The number of benzene rings is 1. The zero-order valence-corrected chi connectivity index (χ0v) is 5.78. The molecule has 0 unspecified atom stereocenters. The molecule has 2 nitrogen and oxygen atoms in total. The van der Waals surface area contributed by atoms with Gasteiger partial charge in [-0.3, -0.25) is 4.79 Å². The molecule has 0 aliphatic rings. The van der Waals surface area contributed by atoms with E-state index in [1.165, 1.54) is 12.3 Å². The number of rotatable bonds is 0. The van der Waals surface area contributed by atoms with Crippen LogP contribution < -0.4 is 5.43 Å². The monoisotopic (exact) mass is 146 g/mol. The van der Waals surface area contributed by atoms with Gasteiger partial charge < -0.3 is 4.42 Å². The Morgan fingerprint density at radius 1 is 1.09 bits per heavy atom. The average molecular weight is 146 g/mol. The van der Waals surface area contributed by atoms with E-state index < -0.39 is 0 Å². The summed E-state index contributed by atoms with van der Waals surface area (Å²) in [5.41, 5.74) is 0.645. The van der Waals surface area contributed by atoms with Gasteiger partial charge >= 0.3 is 0 Å². The van der Waals surface area contributed by atoms with Crippen molar-refractivity contribution < 1.29 is 4.42 Å². The Balaban J connectivity index is 3.03. The van der Waals surface area contributed by atoms with Crippen LogP contribution in [-0.2, 0) is 0 Å². The van der Waals surface area contributed by atoms with Crippen molar-refractivity contribution in [3.05, 3.63) is 46.8 Å². The van der Waals surface area contributed by atoms with E-state index in [1.54, 1.807) is 12.1 Å². The van der Waals surface area contributed by atoms with Crippen LogP contribution in [-0.4, -0.2) is 0 Å². The molecule has 11 heavy (non-hydrogen) atoms. The molecule has 0 bridgehead atoms. The second kappa shape index (κ2) is 2.23. The van der Waals surface area contributed by atoms with E-state index in [0.717, 1.165) is 0 Å². The highest BCUT2D eigenvalue weighted by atomic mass is 16.3. The first-order chi connectivity index (χ1) is 5.38. The minimum Gasteiger partial charge on any atom is -0.464 e. The first kappa shape index (κ1) is 6.16. The second-order valence-corrected chi connectivity index (χ2v) is 2.28. The van der Waals surface area contributed by atoms with Gasteiger partial charge in [0.05, 0.1) is 11.6 Å². The Morgan fingerprint density at radius 2 is 1.91 bits per heavy atom. The standard InChI is InChI=1S/C9H6O2/c10-8-5-6-11-9-4-2-1-3-7(8)9/h1-6H/i6+0. The van der Waals surface area contributed by atoms with E-state index in [-0.39, 0.29) is 5.43 Å². The SMILES string of the molecule is O=c1c[12cH]oc2ccccc12. The lowest BCUT2D eigenvalue weighted by Gasteiger charge is -1.91. The van der Waals surface area contributed by atoms with Gasteiger partial charge in [-0.15, -0.1) is 0 Å². The van der Waals surface area contributed by atoms with Gasteiger partial charge in [0.1, 0.15) is 5.58 Å². The third kappa shape index (κ3) is 0.923. The van der Waals surface area contributed by atoms with Crippen LogP contribution in [0.15, 0.2) is 45.8 Å². The highest BCUT2D eigenvalue weighted by molar-refractivity contribution is 5.75. The highest BCUT2D eigenvalue weighted by Gasteiger charge is 1.95. The van der Waals surface area contributed by atoms with Crippen LogP contribution in [0.3, 0.4) is 0 Å². The maximum absolute atomic E-state index is 11.1. The summed E-state index contributed by atoms with van der Waals surface area (Å²) in [6.45, 7) is 0. The third-order valence-corrected chi connectivity index (χ3v) is 1.57. The summed E-state index contributed by atoms with van der Waals surface area (Å²) in [5, 5.41) is 0.634. The van der Waals surface area contributed by atoms with Gasteiger partial charge in [-0.05, 0) is 12.1 Å². The van der Waals surface area contributed by atoms with Crippen molar-refractivity contribution in [1.29, 1.82) is 0 Å². The molecule has 0 aliphatic carbocycles. The van der Waals surface area contributed by atoms with E-state index in [0.29, 0.717) is 11.0 Å². The third-order valence-electron chi connectivity index (χ3n) is 1.57. The van der Waals surface area contributed by atoms with Crippen molar-refractivity contribution >= 4 is 11.0 Å². The molecular weight excluding hydrogens is 140 g/mol. The van der Waals surface area contributed by atoms with E-state index in [1.807, 2.05) is 12.1 Å². The highest BCUT2D eigenvalue weighted by Crippen LogP contribution is 2.06. The smallest absolute Gasteiger partial charge is 0.192 e. The lowest BCUT2D eigenvalue weighted by atomic mass is 10.2. The summed E-state index contributed by atoms with van der Waals surface area (Å²) < 4.78 is 5.09. The summed E-state index contributed by atoms with van der Waals surface area (Å²) in [5.74, 6) is 0. The first-order valence-electron chi connectivity index (χ1n) is 3.34. The topological polar surface area (TPSA) is 30.2 Å². The quantitative estimate of drug-likeness (QED) is 0.567. The van der Waals surface area contributed by atoms with Crippen LogP contribution in [0.5, 0.6) is 0 Å². The van der Waals surface area contributed by atoms with Gasteiger partial charge in [-0.25, -0.2) is 0 Å². The molecule has 0 fully saturated rings. The zero-order chi connectivity index (χ0) is 7.68. The van der Waals surface area contributed by atoms with Crippen LogP contribution >= 0.6 is 0 Å². The first-order valence-corrected chi connectivity index (χ1v) is 3.34. The molecule has 1 heterocycles. The summed E-state index contributed by atoms with van der Waals surface area (Å²) in [4.78, 5) is 11.1. The van der Waals surface area contributed by atoms with Crippen molar-refractivity contribution in [2.24, 2.45) is 0 Å². The molecule has 0 atom stereocenters. The van der Waals surface area contributed by atoms with Gasteiger partial charge in [0.2, 0.25) is 0 Å². The van der Waals surface area contributed by atoms with Gasteiger partial charge in [0.25, 0.3) is 0 Å². The zero-order valence-electron chi connectivity index (χ0n) is 5.78. The summed E-state index contributed by atoms with van der Waals surface area (Å²) >= 11 is 0. The molecule has 0 N–H and O–H groups in total. The van der Waals surface area contributed by atoms with E-state index >= 15 is 0 Å². The van der Waals surface area contributed by atoms with E-state index in [2.05, 4.69) is 0 Å². The summed E-state index contributed by atoms with van der Waals surface area (Å²) in [7, 11) is 0. The molecule has 0 saturated heterocycles. The largest absolute Gasteiger partial charge is 0.464 e. The van der Waals surface area contributed by atoms with Crippen molar-refractivity contribution in [3.63, 3.8) is 0 Å². The molecule has 0 spiro atoms. The van der Waals surface area contributed by atoms with Gasteiger partial charge in [0, 0.05) is 6.07 Å². The van der Waals surface area contributed by atoms with Crippen LogP contribution in [0.2, 0.25) is 0 Å². The Kier molecular flexibility index (Phi) is 1.25. The Hall–Kier alpha value is -1.57. The number of hydrogen-bond donors (Lipinski definition) is 0. The molecule has 0 amide bonds. The molecule has 2 heteroatoms. The predicted octanol–water partition coefficient (Wildman–Crippen LogP) is 1.79. The lowest BCUT2D eigenvalue weighted by molar-refractivity contribution is 0.602. The van der Waals surface area contributed by atoms with Crippen LogP contribution in [0, 0.1) is 0 Å². The van der Waals surface area contributed by atoms with Crippen LogP contribution in [0.1, 0.15) is 0 Å². The summed E-state index contributed by atoms with van der Waals surface area (Å²) in [6.07, 6.45) is 1.41. The van der Waals surface area contributed by atoms with Crippen LogP contribution in [0.25, 0.3) is 11.0 Å². The van der Waals surface area contributed by atoms with E-state index in [4.69, 9.17) is 4.42 Å². The molecule has 0 saturated carbocycles. The Labute approximate surface area is 63.1 Å². The summed E-state index contributed by atoms with van der Waals surface area (Å²) in [6, 6.07) is 8.60. The molecule has 0 aliphatic heterocycles. The van der Waals surface area contributed by atoms with Gasteiger partial charge in [0.15, 0.2) is 5.43 Å². The van der Waals surface area contributed by atoms with Crippen molar-refractivity contribution in [2.75, 3.05) is 0 Å². The maximum Gasteiger partial charge on any atom is 0.192 e. The maximum atomic E-state index is 11.1. The van der Waals surface area contributed by atoms with Crippen molar-refractivity contribution in [2.45, 2.75) is 0 Å². The Bertz CT molecular complexity index is 423. The van der Waals surface area contributed by atoms with Crippen LogP contribution in [0.4, 0.5) is 0 Å². The molecule has 0 radical (unpaired) electrons.